The lowest BCUT2D eigenvalue weighted by Crippen LogP contribution is -2.50. The number of nitriles is 1. The Bertz CT molecular complexity index is 1180. The van der Waals surface area contributed by atoms with Gasteiger partial charge in [0.05, 0.1) is 30.4 Å². The quantitative estimate of drug-likeness (QED) is 0.133. The van der Waals surface area contributed by atoms with Crippen LogP contribution in [-0.4, -0.2) is 77.5 Å². The van der Waals surface area contributed by atoms with Crippen LogP contribution in [0.3, 0.4) is 0 Å². The van der Waals surface area contributed by atoms with Crippen molar-refractivity contribution < 1.29 is 29.3 Å². The van der Waals surface area contributed by atoms with E-state index in [0.29, 0.717) is 25.8 Å². The minimum atomic E-state index is -0.817. The van der Waals surface area contributed by atoms with Gasteiger partial charge >= 0.3 is 12.2 Å². The number of nitrogens with one attached hydrogen (secondary N) is 3. The lowest BCUT2D eigenvalue weighted by atomic mass is 10.0. The Hall–Kier alpha value is -3.95. The van der Waals surface area contributed by atoms with Crippen molar-refractivity contribution in [2.24, 2.45) is 5.73 Å². The SMILES string of the molecule is C=CC.CC(C)(C)OC(=O)N[C@@H](Cc1ccccc1)[C@H](O)CN.CC(C)(C)OC(=O)N[C@@H](Cc1ccccc1)[C@H](O)CNCCC#N. The number of nitrogens with two attached hydrogens (primary N) is 1. The Labute approximate surface area is 281 Å². The molecule has 0 radical (unpaired) electrons. The monoisotopic (exact) mass is 655 g/mol. The van der Waals surface area contributed by atoms with Gasteiger partial charge in [-0.15, -0.1) is 6.58 Å². The van der Waals surface area contributed by atoms with Crippen LogP contribution in [0, 0.1) is 11.3 Å². The van der Waals surface area contributed by atoms with Crippen molar-refractivity contribution in [3.63, 3.8) is 0 Å². The smallest absolute Gasteiger partial charge is 0.407 e. The van der Waals surface area contributed by atoms with Crippen molar-refractivity contribution >= 4 is 12.2 Å². The van der Waals surface area contributed by atoms with Gasteiger partial charge in [0.25, 0.3) is 0 Å². The fourth-order valence-corrected chi connectivity index (χ4v) is 3.92. The Morgan fingerprint density at radius 1 is 0.851 bits per heavy atom. The maximum absolute atomic E-state index is 12.0. The molecule has 2 rings (SSSR count). The van der Waals surface area contributed by atoms with Crippen molar-refractivity contribution in [2.75, 3.05) is 19.6 Å². The van der Waals surface area contributed by atoms with Crippen molar-refractivity contribution in [3.8, 4) is 6.07 Å². The molecule has 4 atom stereocenters. The highest BCUT2D eigenvalue weighted by atomic mass is 16.6. The predicted octanol–water partition coefficient (Wildman–Crippen LogP) is 4.62. The molecular formula is C36H57N5O6. The number of aliphatic hydroxyl groups excluding tert-OH is 2. The Morgan fingerprint density at radius 3 is 1.57 bits per heavy atom. The average Bonchev–Trinajstić information content (AvgIpc) is 2.98. The Balaban J connectivity index is 0.000000842. The summed E-state index contributed by atoms with van der Waals surface area (Å²) in [5.41, 5.74) is 6.34. The second-order valence-electron chi connectivity index (χ2n) is 12.8. The maximum atomic E-state index is 12.0. The number of allylic oxidation sites excluding steroid dienone is 1. The highest BCUT2D eigenvalue weighted by molar-refractivity contribution is 5.68. The molecule has 0 saturated heterocycles. The summed E-state index contributed by atoms with van der Waals surface area (Å²) in [5, 5.41) is 37.3. The number of carbonyl (C=O) groups is 2. The number of nitrogens with zero attached hydrogens (tertiary/aromatic N) is 1. The third kappa shape index (κ3) is 23.1. The first kappa shape index (κ1) is 43.0. The number of rotatable bonds is 13. The molecule has 262 valence electrons. The molecule has 2 aromatic rings. The van der Waals surface area contributed by atoms with Crippen LogP contribution in [0.25, 0.3) is 0 Å². The van der Waals surface area contributed by atoms with Gasteiger partial charge in [0.15, 0.2) is 0 Å². The number of carbonyl (C=O) groups excluding carboxylic acids is 2. The molecular weight excluding hydrogens is 598 g/mol. The van der Waals surface area contributed by atoms with Crippen LogP contribution < -0.4 is 21.7 Å². The number of benzene rings is 2. The molecule has 0 aliphatic carbocycles. The zero-order valence-corrected chi connectivity index (χ0v) is 29.2. The molecule has 0 unspecified atom stereocenters. The van der Waals surface area contributed by atoms with E-state index in [4.69, 9.17) is 20.5 Å². The topological polar surface area (TPSA) is 179 Å². The maximum Gasteiger partial charge on any atom is 0.407 e. The molecule has 2 aromatic carbocycles. The summed E-state index contributed by atoms with van der Waals surface area (Å²) in [6.45, 7) is 16.9. The Kier molecular flexibility index (Phi) is 21.4. The molecule has 0 bridgehead atoms. The zero-order chi connectivity index (χ0) is 35.9. The van der Waals surface area contributed by atoms with E-state index in [1.807, 2.05) is 73.7 Å². The van der Waals surface area contributed by atoms with Crippen molar-refractivity contribution in [1.29, 1.82) is 5.26 Å². The van der Waals surface area contributed by atoms with E-state index >= 15 is 0 Å². The summed E-state index contributed by atoms with van der Waals surface area (Å²) in [6, 6.07) is 20.3. The Morgan fingerprint density at radius 2 is 1.23 bits per heavy atom. The van der Waals surface area contributed by atoms with Gasteiger partial charge in [0, 0.05) is 26.1 Å². The van der Waals surface area contributed by atoms with Crippen molar-refractivity contribution in [3.05, 3.63) is 84.4 Å². The van der Waals surface area contributed by atoms with Gasteiger partial charge in [-0.05, 0) is 72.4 Å². The van der Waals surface area contributed by atoms with Crippen LogP contribution in [0.15, 0.2) is 73.3 Å². The first-order valence-corrected chi connectivity index (χ1v) is 15.8. The van der Waals surface area contributed by atoms with Crippen LogP contribution in [0.1, 0.15) is 66.0 Å². The molecule has 0 saturated carbocycles. The molecule has 11 nitrogen and oxygen atoms in total. The number of aliphatic hydroxyl groups is 2. The predicted molar refractivity (Wildman–Crippen MR) is 187 cm³/mol. The van der Waals surface area contributed by atoms with Gasteiger partial charge < -0.3 is 41.4 Å². The largest absolute Gasteiger partial charge is 0.444 e. The van der Waals surface area contributed by atoms with E-state index < -0.39 is 47.7 Å². The second kappa shape index (κ2) is 23.4. The average molecular weight is 656 g/mol. The molecule has 2 amide bonds. The molecule has 0 aliphatic heterocycles. The standard InChI is InChI=1S/C18H27N3O3.C15H24N2O3.C3H6/c1-18(2,3)24-17(23)21-15(12-14-8-5-4-6-9-14)16(22)13-20-11-7-10-19;1-15(2,3)20-14(19)17-12(13(18)10-16)9-11-7-5-4-6-8-11;1-3-2/h4-6,8-9,15-16,20,22H,7,11-13H2,1-3H3,(H,21,23);4-8,12-13,18H,9-10,16H2,1-3H3,(H,17,19);3H,1H2,2H3/t15-,16+;12-,13+;/m00./s1. The van der Waals surface area contributed by atoms with E-state index in [9.17, 15) is 19.8 Å². The van der Waals surface area contributed by atoms with Gasteiger partial charge in [0.1, 0.15) is 11.2 Å². The first-order valence-electron chi connectivity index (χ1n) is 15.8. The third-order valence-corrected chi connectivity index (χ3v) is 5.94. The van der Waals surface area contributed by atoms with Crippen LogP contribution in [-0.2, 0) is 22.3 Å². The van der Waals surface area contributed by atoms with Gasteiger partial charge in [0.2, 0.25) is 0 Å². The van der Waals surface area contributed by atoms with E-state index in [-0.39, 0.29) is 13.1 Å². The molecule has 47 heavy (non-hydrogen) atoms. The summed E-state index contributed by atoms with van der Waals surface area (Å²) in [4.78, 5) is 23.8. The number of hydrogen-bond donors (Lipinski definition) is 6. The van der Waals surface area contributed by atoms with E-state index in [2.05, 4.69) is 22.5 Å². The summed E-state index contributed by atoms with van der Waals surface area (Å²) in [6.07, 6.45) is 0.388. The molecule has 0 spiro atoms. The van der Waals surface area contributed by atoms with Gasteiger partial charge in [-0.3, -0.25) is 0 Å². The van der Waals surface area contributed by atoms with Crippen LogP contribution >= 0.6 is 0 Å². The van der Waals surface area contributed by atoms with Crippen molar-refractivity contribution in [2.45, 2.75) is 103 Å². The number of amides is 2. The summed E-state index contributed by atoms with van der Waals surface area (Å²) in [7, 11) is 0. The lowest BCUT2D eigenvalue weighted by Gasteiger charge is -2.27. The van der Waals surface area contributed by atoms with Gasteiger partial charge in [-0.2, -0.15) is 5.26 Å². The van der Waals surface area contributed by atoms with E-state index in [0.717, 1.165) is 11.1 Å². The normalized spacial score (nSPS) is 13.4. The van der Waals surface area contributed by atoms with E-state index in [1.165, 1.54) is 0 Å². The summed E-state index contributed by atoms with van der Waals surface area (Å²) < 4.78 is 10.5. The zero-order valence-electron chi connectivity index (χ0n) is 29.2. The summed E-state index contributed by atoms with van der Waals surface area (Å²) in [5.74, 6) is 0. The number of ether oxygens (including phenoxy) is 2. The molecule has 0 aromatic heterocycles. The minimum absolute atomic E-state index is 0.0767. The molecule has 0 heterocycles. The van der Waals surface area contributed by atoms with Gasteiger partial charge in [-0.1, -0.05) is 66.7 Å². The van der Waals surface area contributed by atoms with Gasteiger partial charge in [-0.25, -0.2) is 9.59 Å². The fourth-order valence-electron chi connectivity index (χ4n) is 3.92. The number of alkyl carbamates (subject to hydrolysis) is 2. The lowest BCUT2D eigenvalue weighted by molar-refractivity contribution is 0.0417. The number of hydrogen-bond acceptors (Lipinski definition) is 9. The minimum Gasteiger partial charge on any atom is -0.444 e. The van der Waals surface area contributed by atoms with Crippen molar-refractivity contribution in [1.82, 2.24) is 16.0 Å². The first-order chi connectivity index (χ1) is 22.0. The van der Waals surface area contributed by atoms with Crippen LogP contribution in [0.4, 0.5) is 9.59 Å². The van der Waals surface area contributed by atoms with E-state index in [1.54, 1.807) is 47.6 Å². The van der Waals surface area contributed by atoms with Crippen LogP contribution in [0.5, 0.6) is 0 Å². The molecule has 0 aliphatic rings. The highest BCUT2D eigenvalue weighted by Gasteiger charge is 2.25. The molecule has 11 heteroatoms. The fraction of sp³-hybridized carbons (Fsp3) is 0.528. The third-order valence-electron chi connectivity index (χ3n) is 5.94. The molecule has 0 fully saturated rings. The molecule has 7 N–H and O–H groups in total. The summed E-state index contributed by atoms with van der Waals surface area (Å²) >= 11 is 0. The highest BCUT2D eigenvalue weighted by Crippen LogP contribution is 2.11. The van der Waals surface area contributed by atoms with Crippen LogP contribution in [0.2, 0.25) is 0 Å². The second-order valence-corrected chi connectivity index (χ2v) is 12.8.